The van der Waals surface area contributed by atoms with Crippen molar-refractivity contribution in [1.82, 2.24) is 10.2 Å². The van der Waals surface area contributed by atoms with Gasteiger partial charge in [0.25, 0.3) is 0 Å². The minimum atomic E-state index is 0.713. The molecule has 0 bridgehead atoms. The standard InChI is InChI=1S/C16H28N2S/c1-4-8-18-9-5-6-15(7-10-18)17-12-16-11-13(2)14(3)19-16/h11,15,17H,4-10,12H2,1-3H3. The Morgan fingerprint density at radius 1 is 1.32 bits per heavy atom. The highest BCUT2D eigenvalue weighted by atomic mass is 32.1. The zero-order valence-corrected chi connectivity index (χ0v) is 13.5. The molecule has 0 aromatic carbocycles. The van der Waals surface area contributed by atoms with Crippen LogP contribution in [0.4, 0.5) is 0 Å². The molecule has 3 heteroatoms. The van der Waals surface area contributed by atoms with Crippen LogP contribution in [0.15, 0.2) is 6.07 Å². The second-order valence-electron chi connectivity index (χ2n) is 5.80. The molecular weight excluding hydrogens is 252 g/mol. The first-order valence-electron chi connectivity index (χ1n) is 7.70. The van der Waals surface area contributed by atoms with Gasteiger partial charge in [-0.3, -0.25) is 0 Å². The number of nitrogens with one attached hydrogen (secondary N) is 1. The lowest BCUT2D eigenvalue weighted by atomic mass is 10.1. The van der Waals surface area contributed by atoms with Gasteiger partial charge in [0, 0.05) is 22.3 Å². The highest BCUT2D eigenvalue weighted by Gasteiger charge is 2.16. The summed E-state index contributed by atoms with van der Waals surface area (Å²) in [6.45, 7) is 11.6. The molecule has 1 aromatic heterocycles. The first kappa shape index (κ1) is 15.0. The van der Waals surface area contributed by atoms with Crippen LogP contribution in [0.25, 0.3) is 0 Å². The molecule has 2 heterocycles. The molecule has 1 fully saturated rings. The van der Waals surface area contributed by atoms with Crippen molar-refractivity contribution in [3.8, 4) is 0 Å². The third-order valence-electron chi connectivity index (χ3n) is 4.14. The van der Waals surface area contributed by atoms with Gasteiger partial charge < -0.3 is 10.2 Å². The summed E-state index contributed by atoms with van der Waals surface area (Å²) in [5.74, 6) is 0. The second-order valence-corrected chi connectivity index (χ2v) is 7.14. The number of aryl methyl sites for hydroxylation is 2. The molecule has 1 aliphatic heterocycles. The highest BCUT2D eigenvalue weighted by molar-refractivity contribution is 7.12. The topological polar surface area (TPSA) is 15.3 Å². The summed E-state index contributed by atoms with van der Waals surface area (Å²) in [6, 6.07) is 3.05. The molecule has 1 aliphatic rings. The Kier molecular flexibility index (Phi) is 5.86. The van der Waals surface area contributed by atoms with Gasteiger partial charge in [-0.2, -0.15) is 0 Å². The SMILES string of the molecule is CCCN1CCCC(NCc2cc(C)c(C)s2)CC1. The smallest absolute Gasteiger partial charge is 0.0302 e. The maximum absolute atomic E-state index is 3.76. The molecular formula is C16H28N2S. The van der Waals surface area contributed by atoms with E-state index in [1.807, 2.05) is 11.3 Å². The van der Waals surface area contributed by atoms with Gasteiger partial charge in [-0.1, -0.05) is 6.92 Å². The van der Waals surface area contributed by atoms with Crippen LogP contribution in [0.5, 0.6) is 0 Å². The zero-order chi connectivity index (χ0) is 13.7. The maximum Gasteiger partial charge on any atom is 0.0302 e. The quantitative estimate of drug-likeness (QED) is 0.884. The van der Waals surface area contributed by atoms with Crippen LogP contribution >= 0.6 is 11.3 Å². The van der Waals surface area contributed by atoms with Crippen LogP contribution in [0.2, 0.25) is 0 Å². The maximum atomic E-state index is 3.76. The van der Waals surface area contributed by atoms with Crippen LogP contribution < -0.4 is 5.32 Å². The highest BCUT2D eigenvalue weighted by Crippen LogP contribution is 2.21. The fourth-order valence-electron chi connectivity index (χ4n) is 2.88. The van der Waals surface area contributed by atoms with E-state index in [2.05, 4.69) is 37.1 Å². The fourth-order valence-corrected chi connectivity index (χ4v) is 3.89. The molecule has 0 amide bonds. The molecule has 19 heavy (non-hydrogen) atoms. The summed E-state index contributed by atoms with van der Waals surface area (Å²) in [7, 11) is 0. The Labute approximate surface area is 122 Å². The number of nitrogens with zero attached hydrogens (tertiary/aromatic N) is 1. The van der Waals surface area contributed by atoms with Crippen molar-refractivity contribution < 1.29 is 0 Å². The Morgan fingerprint density at radius 3 is 2.84 bits per heavy atom. The summed E-state index contributed by atoms with van der Waals surface area (Å²) < 4.78 is 0. The Morgan fingerprint density at radius 2 is 2.16 bits per heavy atom. The average Bonchev–Trinajstić information content (AvgIpc) is 2.60. The molecule has 1 aromatic rings. The molecule has 108 valence electrons. The molecule has 1 atom stereocenters. The Bertz CT molecular complexity index is 367. The molecule has 0 spiro atoms. The minimum Gasteiger partial charge on any atom is -0.309 e. The van der Waals surface area contributed by atoms with Crippen LogP contribution in [0.1, 0.15) is 47.9 Å². The average molecular weight is 280 g/mol. The van der Waals surface area contributed by atoms with Crippen molar-refractivity contribution in [2.45, 2.75) is 59.0 Å². The van der Waals surface area contributed by atoms with E-state index >= 15 is 0 Å². The van der Waals surface area contributed by atoms with Gasteiger partial charge in [0.05, 0.1) is 0 Å². The molecule has 0 aliphatic carbocycles. The summed E-state index contributed by atoms with van der Waals surface area (Å²) in [4.78, 5) is 5.58. The molecule has 1 unspecified atom stereocenters. The van der Waals surface area contributed by atoms with E-state index in [0.29, 0.717) is 6.04 Å². The number of rotatable bonds is 5. The number of likely N-dealkylation sites (tertiary alicyclic amines) is 1. The summed E-state index contributed by atoms with van der Waals surface area (Å²) >= 11 is 1.94. The van der Waals surface area contributed by atoms with E-state index in [9.17, 15) is 0 Å². The van der Waals surface area contributed by atoms with Crippen molar-refractivity contribution in [2.75, 3.05) is 19.6 Å². The molecule has 1 N–H and O–H groups in total. The zero-order valence-electron chi connectivity index (χ0n) is 12.7. The van der Waals surface area contributed by atoms with Crippen LogP contribution in [-0.4, -0.2) is 30.6 Å². The van der Waals surface area contributed by atoms with Crippen molar-refractivity contribution >= 4 is 11.3 Å². The van der Waals surface area contributed by atoms with Gasteiger partial charge >= 0.3 is 0 Å². The fraction of sp³-hybridized carbons (Fsp3) is 0.750. The number of thiophene rings is 1. The Balaban J connectivity index is 1.77. The normalized spacial score (nSPS) is 21.5. The van der Waals surface area contributed by atoms with E-state index in [4.69, 9.17) is 0 Å². The first-order valence-corrected chi connectivity index (χ1v) is 8.52. The van der Waals surface area contributed by atoms with Crippen molar-refractivity contribution in [1.29, 1.82) is 0 Å². The lowest BCUT2D eigenvalue weighted by Gasteiger charge is -2.19. The van der Waals surface area contributed by atoms with Crippen molar-refractivity contribution in [2.24, 2.45) is 0 Å². The predicted octanol–water partition coefficient (Wildman–Crippen LogP) is 3.72. The molecule has 2 rings (SSSR count). The second kappa shape index (κ2) is 7.41. The van der Waals surface area contributed by atoms with Gasteiger partial charge in [0.2, 0.25) is 0 Å². The van der Waals surface area contributed by atoms with Crippen LogP contribution in [0, 0.1) is 13.8 Å². The molecule has 0 saturated carbocycles. The minimum absolute atomic E-state index is 0.713. The third kappa shape index (κ3) is 4.59. The first-order chi connectivity index (χ1) is 9.19. The monoisotopic (exact) mass is 280 g/mol. The molecule has 0 radical (unpaired) electrons. The van der Waals surface area contributed by atoms with Crippen LogP contribution in [0.3, 0.4) is 0 Å². The largest absolute Gasteiger partial charge is 0.309 e. The summed E-state index contributed by atoms with van der Waals surface area (Å²) in [6.07, 6.45) is 5.28. The van der Waals surface area contributed by atoms with Gasteiger partial charge in [0.1, 0.15) is 0 Å². The van der Waals surface area contributed by atoms with E-state index in [1.54, 1.807) is 0 Å². The van der Waals surface area contributed by atoms with Crippen molar-refractivity contribution in [3.05, 3.63) is 21.4 Å². The molecule has 1 saturated heterocycles. The van der Waals surface area contributed by atoms with Gasteiger partial charge in [-0.05, 0) is 70.8 Å². The van der Waals surface area contributed by atoms with Crippen molar-refractivity contribution in [3.63, 3.8) is 0 Å². The molecule has 2 nitrogen and oxygen atoms in total. The number of hydrogen-bond acceptors (Lipinski definition) is 3. The van der Waals surface area contributed by atoms with E-state index in [1.165, 1.54) is 60.6 Å². The lowest BCUT2D eigenvalue weighted by molar-refractivity contribution is 0.282. The van der Waals surface area contributed by atoms with E-state index in [0.717, 1.165) is 6.54 Å². The van der Waals surface area contributed by atoms with Gasteiger partial charge in [0.15, 0.2) is 0 Å². The number of hydrogen-bond donors (Lipinski definition) is 1. The van der Waals surface area contributed by atoms with Gasteiger partial charge in [-0.15, -0.1) is 11.3 Å². The third-order valence-corrected chi connectivity index (χ3v) is 5.30. The predicted molar refractivity (Wildman–Crippen MR) is 85.0 cm³/mol. The summed E-state index contributed by atoms with van der Waals surface area (Å²) in [5, 5.41) is 3.76. The lowest BCUT2D eigenvalue weighted by Crippen LogP contribution is -2.30. The van der Waals surface area contributed by atoms with E-state index < -0.39 is 0 Å². The van der Waals surface area contributed by atoms with E-state index in [-0.39, 0.29) is 0 Å². The van der Waals surface area contributed by atoms with Gasteiger partial charge in [-0.25, -0.2) is 0 Å². The summed E-state index contributed by atoms with van der Waals surface area (Å²) in [5.41, 5.74) is 1.44. The Hall–Kier alpha value is -0.380. The van der Waals surface area contributed by atoms with Crippen LogP contribution in [-0.2, 0) is 6.54 Å².